The molecule has 1 heterocycles. The van der Waals surface area contributed by atoms with Crippen LogP contribution in [0.2, 0.25) is 19.6 Å². The van der Waals surface area contributed by atoms with Crippen molar-refractivity contribution in [3.05, 3.63) is 72.4 Å². The molecule has 2 aromatic carbocycles. The van der Waals surface area contributed by atoms with E-state index in [4.69, 9.17) is 16.6 Å². The molecule has 0 saturated carbocycles. The Morgan fingerprint density at radius 1 is 0.933 bits per heavy atom. The van der Waals surface area contributed by atoms with Gasteiger partial charge in [-0.25, -0.2) is 0 Å². The standard InChI is InChI=1S/C23H26NSi.2CH4O.Ir/c1-17(2)21-15-22(24-16-23(21)25(3,4)5)20-13-9-12-19(14-20)18-10-7-6-8-11-18;2*1-2;/h6-12,14-17H,1-5H3;2*2H,1H3;/q-1;;;/i17D;;;. The fraction of sp³-hybridized carbons (Fsp3) is 0.320. The van der Waals surface area contributed by atoms with E-state index in [0.29, 0.717) is 0 Å². The minimum atomic E-state index is -1.57. The summed E-state index contributed by atoms with van der Waals surface area (Å²) in [6, 6.07) is 21.9. The molecule has 0 aliphatic heterocycles. The summed E-state index contributed by atoms with van der Waals surface area (Å²) in [7, 11) is 0.432. The van der Waals surface area contributed by atoms with Gasteiger partial charge in [0.2, 0.25) is 0 Å². The van der Waals surface area contributed by atoms with Gasteiger partial charge in [0.05, 0.1) is 8.07 Å². The van der Waals surface area contributed by atoms with Crippen LogP contribution in [0, 0.1) is 6.07 Å². The van der Waals surface area contributed by atoms with Gasteiger partial charge in [-0.1, -0.05) is 75.5 Å². The number of rotatable bonds is 4. The van der Waals surface area contributed by atoms with Crippen LogP contribution in [0.25, 0.3) is 22.4 Å². The maximum absolute atomic E-state index is 8.61. The summed E-state index contributed by atoms with van der Waals surface area (Å²) in [5.41, 5.74) is 5.28. The molecule has 0 fully saturated rings. The number of hydrogen-bond acceptors (Lipinski definition) is 3. The minimum absolute atomic E-state index is 0. The van der Waals surface area contributed by atoms with Gasteiger partial charge in [-0.15, -0.1) is 35.4 Å². The fourth-order valence-electron chi connectivity index (χ4n) is 3.04. The van der Waals surface area contributed by atoms with E-state index in [1.54, 1.807) is 0 Å². The Labute approximate surface area is 198 Å². The normalized spacial score (nSPS) is 11.0. The number of nitrogens with zero attached hydrogens (tertiary/aromatic N) is 1. The van der Waals surface area contributed by atoms with Crippen LogP contribution in [0.1, 0.15) is 26.7 Å². The third kappa shape index (κ3) is 7.57. The number of hydrogen-bond donors (Lipinski definition) is 2. The van der Waals surface area contributed by atoms with E-state index >= 15 is 0 Å². The summed E-state index contributed by atoms with van der Waals surface area (Å²) in [4.78, 5) is 4.74. The molecule has 5 heteroatoms. The van der Waals surface area contributed by atoms with Crippen LogP contribution in [-0.2, 0) is 20.1 Å². The Morgan fingerprint density at radius 3 is 2.07 bits per heavy atom. The van der Waals surface area contributed by atoms with Gasteiger partial charge >= 0.3 is 0 Å². The quantitative estimate of drug-likeness (QED) is 0.323. The molecular weight excluding hydrogens is 567 g/mol. The predicted octanol–water partition coefficient (Wildman–Crippen LogP) is 5.10. The van der Waals surface area contributed by atoms with Crippen molar-refractivity contribution in [1.82, 2.24) is 4.98 Å². The molecule has 3 aromatic rings. The molecule has 0 saturated heterocycles. The molecule has 3 rings (SSSR count). The first-order chi connectivity index (χ1) is 14.2. The van der Waals surface area contributed by atoms with Gasteiger partial charge in [-0.2, -0.15) is 0 Å². The molecule has 3 nitrogen and oxygen atoms in total. The first-order valence-corrected chi connectivity index (χ1v) is 13.1. The Bertz CT molecular complexity index is 923. The molecule has 0 atom stereocenters. The van der Waals surface area contributed by atoms with E-state index in [1.165, 1.54) is 10.8 Å². The molecule has 30 heavy (non-hydrogen) atoms. The van der Waals surface area contributed by atoms with Crippen molar-refractivity contribution in [3.8, 4) is 22.4 Å². The van der Waals surface area contributed by atoms with Crippen LogP contribution in [0.15, 0.2) is 60.8 Å². The van der Waals surface area contributed by atoms with E-state index < -0.39 is 14.0 Å². The SMILES string of the molecule is CO.CO.[2H]C(C)(C)c1cc(-c2[c-]ccc(-c3ccccc3)c2)ncc1[Si](C)(C)C.[Ir]. The van der Waals surface area contributed by atoms with E-state index in [2.05, 4.69) is 56.0 Å². The third-order valence-corrected chi connectivity index (χ3v) is 6.45. The number of aromatic nitrogens is 1. The minimum Gasteiger partial charge on any atom is -0.400 e. The number of benzene rings is 2. The summed E-state index contributed by atoms with van der Waals surface area (Å²) in [6.45, 7) is 10.8. The van der Waals surface area contributed by atoms with Gasteiger partial charge in [-0.3, -0.25) is 0 Å². The van der Waals surface area contributed by atoms with Gasteiger partial charge in [0.25, 0.3) is 0 Å². The molecule has 1 aromatic heterocycles. The van der Waals surface area contributed by atoms with Crippen molar-refractivity contribution in [3.63, 3.8) is 0 Å². The Kier molecular flexibility index (Phi) is 12.0. The Hall–Kier alpha value is -1.62. The summed E-state index contributed by atoms with van der Waals surface area (Å²) in [5.74, 6) is -0.648. The predicted molar refractivity (Wildman–Crippen MR) is 127 cm³/mol. The van der Waals surface area contributed by atoms with Gasteiger partial charge in [0.1, 0.15) is 0 Å². The molecule has 0 unspecified atom stereocenters. The summed E-state index contributed by atoms with van der Waals surface area (Å²) >= 11 is 0. The molecule has 0 bridgehead atoms. The van der Waals surface area contributed by atoms with Gasteiger partial charge in [0, 0.05) is 41.9 Å². The second-order valence-electron chi connectivity index (χ2n) is 7.72. The van der Waals surface area contributed by atoms with Crippen LogP contribution in [0.3, 0.4) is 0 Å². The summed E-state index contributed by atoms with van der Waals surface area (Å²) in [5, 5.41) is 15.3. The van der Waals surface area contributed by atoms with Crippen molar-refractivity contribution in [2.75, 3.05) is 14.2 Å². The van der Waals surface area contributed by atoms with Crippen LogP contribution < -0.4 is 5.19 Å². The third-order valence-electron chi connectivity index (χ3n) is 4.44. The van der Waals surface area contributed by atoms with Crippen LogP contribution in [-0.4, -0.2) is 37.5 Å². The number of pyridine rings is 1. The molecule has 165 valence electrons. The molecule has 0 aliphatic carbocycles. The van der Waals surface area contributed by atoms with Crippen LogP contribution in [0.5, 0.6) is 0 Å². The van der Waals surface area contributed by atoms with E-state index in [-0.39, 0.29) is 20.1 Å². The Morgan fingerprint density at radius 2 is 1.53 bits per heavy atom. The zero-order valence-corrected chi connectivity index (χ0v) is 22.3. The average Bonchev–Trinajstić information content (AvgIpc) is 2.76. The van der Waals surface area contributed by atoms with E-state index in [1.807, 2.05) is 44.3 Å². The monoisotopic (exact) mass is 602 g/mol. The topological polar surface area (TPSA) is 53.4 Å². The smallest absolute Gasteiger partial charge is 0.0799 e. The van der Waals surface area contributed by atoms with Crippen molar-refractivity contribution in [2.45, 2.75) is 39.4 Å². The van der Waals surface area contributed by atoms with Gasteiger partial charge < -0.3 is 15.2 Å². The molecular formula is C25H34IrNO2Si-. The average molecular weight is 602 g/mol. The summed E-state index contributed by atoms with van der Waals surface area (Å²) in [6.07, 6.45) is 2.00. The van der Waals surface area contributed by atoms with Gasteiger partial charge in [-0.05, 0) is 22.3 Å². The van der Waals surface area contributed by atoms with Crippen LogP contribution in [0.4, 0.5) is 0 Å². The zero-order chi connectivity index (χ0) is 22.9. The number of aliphatic hydroxyl groups excluding tert-OH is 2. The Balaban J connectivity index is 0.00000170. The molecule has 2 N–H and O–H groups in total. The van der Waals surface area contributed by atoms with Crippen molar-refractivity contribution in [1.29, 1.82) is 0 Å². The fourth-order valence-corrected chi connectivity index (χ4v) is 4.62. The van der Waals surface area contributed by atoms with Crippen LogP contribution >= 0.6 is 0 Å². The summed E-state index contributed by atoms with van der Waals surface area (Å²) < 4.78 is 8.61. The maximum Gasteiger partial charge on any atom is 0.0799 e. The first-order valence-electron chi connectivity index (χ1n) is 10.1. The van der Waals surface area contributed by atoms with Crippen molar-refractivity contribution in [2.24, 2.45) is 0 Å². The molecule has 0 aliphatic rings. The second-order valence-corrected chi connectivity index (χ2v) is 12.8. The largest absolute Gasteiger partial charge is 0.400 e. The van der Waals surface area contributed by atoms with E-state index in [9.17, 15) is 0 Å². The van der Waals surface area contributed by atoms with Crippen molar-refractivity contribution >= 4 is 13.3 Å². The second kappa shape index (κ2) is 13.6. The maximum atomic E-state index is 8.61. The zero-order valence-electron chi connectivity index (χ0n) is 19.9. The van der Waals surface area contributed by atoms with Gasteiger partial charge in [0.15, 0.2) is 0 Å². The molecule has 0 amide bonds. The molecule has 1 radical (unpaired) electrons. The van der Waals surface area contributed by atoms with E-state index in [0.717, 1.165) is 36.6 Å². The molecule has 0 spiro atoms. The van der Waals surface area contributed by atoms with Crippen molar-refractivity contribution < 1.29 is 31.7 Å². The first kappa shape index (κ1) is 26.4. The number of aliphatic hydroxyl groups is 2.